The second-order valence-electron chi connectivity index (χ2n) is 22.2. The lowest BCUT2D eigenvalue weighted by atomic mass is 10.0. The number of hydrogen-bond acceptors (Lipinski definition) is 6. The van der Waals surface area contributed by atoms with Gasteiger partial charge >= 0.3 is 13.8 Å². The molecule has 0 fully saturated rings. The van der Waals surface area contributed by atoms with Gasteiger partial charge in [-0.3, -0.25) is 18.6 Å². The van der Waals surface area contributed by atoms with E-state index in [1.54, 1.807) is 0 Å². The van der Waals surface area contributed by atoms with Crippen LogP contribution in [0.5, 0.6) is 0 Å². The standard InChI is InChI=1S/C64H119N2O7P/c1-7-10-13-16-19-22-25-28-30-31-32-33-34-35-36-38-41-44-47-50-53-56-63(67)65-61(60-72-74(69,70)71-59-58-66(4,5)6)62(55-52-49-46-43-40-37-27-24-21-18-15-12-9-3)73-64(68)57-54-51-48-45-42-39-29-26-23-20-17-14-11-8-2/h11,14,19-20,22-23,28,30,52,55,61-62H,7-10,12-13,15-18,21,24-27,29,31-51,53-54,56-60H2,1-6H3,(H-,65,67,69,70)/p+1/b14-11+,22-19-,23-20+,30-28-,55-52-. The van der Waals surface area contributed by atoms with Gasteiger partial charge in [-0.15, -0.1) is 0 Å². The summed E-state index contributed by atoms with van der Waals surface area (Å²) in [5.41, 5.74) is 0. The van der Waals surface area contributed by atoms with E-state index in [9.17, 15) is 19.0 Å². The quantitative estimate of drug-likeness (QED) is 0.0205. The largest absolute Gasteiger partial charge is 0.472 e. The van der Waals surface area contributed by atoms with Crippen LogP contribution in [0.4, 0.5) is 0 Å². The maximum atomic E-state index is 13.6. The fraction of sp³-hybridized carbons (Fsp3) is 0.812. The second kappa shape index (κ2) is 54.1. The highest BCUT2D eigenvalue weighted by Gasteiger charge is 2.30. The molecule has 0 aromatic heterocycles. The predicted molar refractivity (Wildman–Crippen MR) is 318 cm³/mol. The smallest absolute Gasteiger partial charge is 0.456 e. The highest BCUT2D eigenvalue weighted by molar-refractivity contribution is 7.47. The maximum Gasteiger partial charge on any atom is 0.472 e. The Bertz CT molecular complexity index is 1450. The number of hydrogen-bond donors (Lipinski definition) is 2. The van der Waals surface area contributed by atoms with Gasteiger partial charge in [0.1, 0.15) is 19.3 Å². The molecule has 1 amide bonds. The van der Waals surface area contributed by atoms with E-state index in [-0.39, 0.29) is 31.5 Å². The van der Waals surface area contributed by atoms with Gasteiger partial charge in [-0.05, 0) is 89.5 Å². The molecule has 0 aliphatic rings. The summed E-state index contributed by atoms with van der Waals surface area (Å²) in [6.45, 7) is 6.89. The van der Waals surface area contributed by atoms with E-state index in [4.69, 9.17) is 13.8 Å². The SMILES string of the molecule is CC/C=C/C/C=C/CCCCCCCCCC(=O)OC(/C=C\CCCCCCCCCCCCC)C(COP(=O)(O)OCC[N+](C)(C)C)NC(=O)CCCCCCCCCCCCC/C=C\C/C=C\CCCCC. The van der Waals surface area contributed by atoms with Crippen molar-refractivity contribution in [3.8, 4) is 0 Å². The van der Waals surface area contributed by atoms with Crippen LogP contribution in [-0.2, 0) is 27.9 Å². The number of likely N-dealkylation sites (N-methyl/N-ethyl adjacent to an activating group) is 1. The Balaban J connectivity index is 5.24. The number of carbonyl (C=O) groups excluding carboxylic acids is 2. The third-order valence-electron chi connectivity index (χ3n) is 13.7. The predicted octanol–water partition coefficient (Wildman–Crippen LogP) is 19.1. The highest BCUT2D eigenvalue weighted by Crippen LogP contribution is 2.43. The van der Waals surface area contributed by atoms with Crippen LogP contribution in [0.2, 0.25) is 0 Å². The van der Waals surface area contributed by atoms with Crippen LogP contribution < -0.4 is 5.32 Å². The molecular formula is C64H120N2O7P+. The lowest BCUT2D eigenvalue weighted by molar-refractivity contribution is -0.870. The molecule has 0 saturated carbocycles. The number of rotatable bonds is 56. The minimum atomic E-state index is -4.45. The number of allylic oxidation sites excluding steroid dienone is 9. The van der Waals surface area contributed by atoms with Crippen LogP contribution in [-0.4, -0.2) is 74.3 Å². The third-order valence-corrected chi connectivity index (χ3v) is 14.7. The first-order chi connectivity index (χ1) is 35.9. The minimum Gasteiger partial charge on any atom is -0.456 e. The lowest BCUT2D eigenvalue weighted by Gasteiger charge is -2.27. The van der Waals surface area contributed by atoms with E-state index in [1.165, 1.54) is 161 Å². The number of amides is 1. The van der Waals surface area contributed by atoms with Gasteiger partial charge in [-0.2, -0.15) is 0 Å². The molecule has 3 unspecified atom stereocenters. The zero-order valence-corrected chi connectivity index (χ0v) is 50.2. The summed E-state index contributed by atoms with van der Waals surface area (Å²) in [7, 11) is 1.49. The number of nitrogens with one attached hydrogen (secondary N) is 1. The Morgan fingerprint density at radius 2 is 0.865 bits per heavy atom. The van der Waals surface area contributed by atoms with E-state index in [2.05, 4.69) is 74.7 Å². The molecule has 0 bridgehead atoms. The van der Waals surface area contributed by atoms with Crippen molar-refractivity contribution in [2.24, 2.45) is 0 Å². The Labute approximate surface area is 458 Å². The molecule has 10 heteroatoms. The number of carbonyl (C=O) groups is 2. The molecule has 0 radical (unpaired) electrons. The lowest BCUT2D eigenvalue weighted by Crippen LogP contribution is -2.47. The molecule has 0 aliphatic carbocycles. The first-order valence-corrected chi connectivity index (χ1v) is 32.6. The molecule has 2 N–H and O–H groups in total. The first kappa shape index (κ1) is 71.7. The number of nitrogens with zero attached hydrogens (tertiary/aromatic N) is 1. The summed E-state index contributed by atoms with van der Waals surface area (Å²) in [4.78, 5) is 37.7. The molecule has 9 nitrogen and oxygen atoms in total. The molecule has 0 spiro atoms. The normalized spacial score (nSPS) is 14.1. The molecule has 74 heavy (non-hydrogen) atoms. The van der Waals surface area contributed by atoms with Gasteiger partial charge in [0.05, 0.1) is 33.8 Å². The van der Waals surface area contributed by atoms with Gasteiger partial charge in [-0.25, -0.2) is 4.57 Å². The number of unbranched alkanes of at least 4 members (excludes halogenated alkanes) is 32. The van der Waals surface area contributed by atoms with Gasteiger partial charge in [-0.1, -0.05) is 242 Å². The van der Waals surface area contributed by atoms with Crippen molar-refractivity contribution in [1.29, 1.82) is 0 Å². The van der Waals surface area contributed by atoms with Crippen molar-refractivity contribution >= 4 is 19.7 Å². The molecule has 0 heterocycles. The average Bonchev–Trinajstić information content (AvgIpc) is 3.36. The Kier molecular flexibility index (Phi) is 52.4. The van der Waals surface area contributed by atoms with Crippen molar-refractivity contribution in [2.45, 2.75) is 296 Å². The van der Waals surface area contributed by atoms with Crippen LogP contribution in [0.25, 0.3) is 0 Å². The number of phosphoric acid groups is 1. The molecule has 0 rings (SSSR count). The van der Waals surface area contributed by atoms with Gasteiger partial charge in [0.2, 0.25) is 5.91 Å². The van der Waals surface area contributed by atoms with Crippen molar-refractivity contribution in [3.63, 3.8) is 0 Å². The van der Waals surface area contributed by atoms with Crippen molar-refractivity contribution in [1.82, 2.24) is 5.32 Å². The zero-order chi connectivity index (χ0) is 54.3. The van der Waals surface area contributed by atoms with E-state index in [0.717, 1.165) is 89.9 Å². The number of quaternary nitrogens is 1. The molecule has 432 valence electrons. The van der Waals surface area contributed by atoms with Crippen LogP contribution in [0.1, 0.15) is 284 Å². The Morgan fingerprint density at radius 3 is 1.31 bits per heavy atom. The molecule has 0 saturated heterocycles. The van der Waals surface area contributed by atoms with Crippen LogP contribution in [0.3, 0.4) is 0 Å². The second-order valence-corrected chi connectivity index (χ2v) is 23.6. The first-order valence-electron chi connectivity index (χ1n) is 31.1. The van der Waals surface area contributed by atoms with E-state index < -0.39 is 20.0 Å². The summed E-state index contributed by atoms with van der Waals surface area (Å²) in [6.07, 6.45) is 67.8. The Morgan fingerprint density at radius 1 is 0.486 bits per heavy atom. The molecule has 0 aromatic rings. The summed E-state index contributed by atoms with van der Waals surface area (Å²) < 4.78 is 30.7. The zero-order valence-electron chi connectivity index (χ0n) is 49.3. The number of ether oxygens (including phenoxy) is 1. The van der Waals surface area contributed by atoms with E-state index in [0.29, 0.717) is 17.4 Å². The van der Waals surface area contributed by atoms with Crippen molar-refractivity contribution in [3.05, 3.63) is 60.8 Å². The fourth-order valence-electron chi connectivity index (χ4n) is 8.89. The average molecular weight is 1060 g/mol. The van der Waals surface area contributed by atoms with Crippen LogP contribution >= 0.6 is 7.82 Å². The topological polar surface area (TPSA) is 111 Å². The molecular weight excluding hydrogens is 940 g/mol. The summed E-state index contributed by atoms with van der Waals surface area (Å²) in [5.74, 6) is -0.511. The van der Waals surface area contributed by atoms with Gasteiger partial charge in [0.25, 0.3) is 0 Å². The van der Waals surface area contributed by atoms with Gasteiger partial charge in [0.15, 0.2) is 0 Å². The summed E-state index contributed by atoms with van der Waals surface area (Å²) in [5, 5.41) is 3.06. The summed E-state index contributed by atoms with van der Waals surface area (Å²) >= 11 is 0. The van der Waals surface area contributed by atoms with Gasteiger partial charge in [0, 0.05) is 12.8 Å². The van der Waals surface area contributed by atoms with Crippen molar-refractivity contribution in [2.75, 3.05) is 40.9 Å². The monoisotopic (exact) mass is 1060 g/mol. The number of phosphoric ester groups is 1. The van der Waals surface area contributed by atoms with Crippen molar-refractivity contribution < 1.29 is 37.3 Å². The molecule has 0 aromatic carbocycles. The maximum absolute atomic E-state index is 13.6. The van der Waals surface area contributed by atoms with Crippen LogP contribution in [0.15, 0.2) is 60.8 Å². The van der Waals surface area contributed by atoms with Crippen LogP contribution in [0, 0.1) is 0 Å². The molecule has 0 aliphatic heterocycles. The highest BCUT2D eigenvalue weighted by atomic mass is 31.2. The third kappa shape index (κ3) is 54.5. The Hall–Kier alpha value is -2.29. The summed E-state index contributed by atoms with van der Waals surface area (Å²) in [6, 6.07) is -0.853. The molecule has 3 atom stereocenters. The fourth-order valence-corrected chi connectivity index (χ4v) is 9.63. The minimum absolute atomic E-state index is 0.0378. The van der Waals surface area contributed by atoms with Gasteiger partial charge < -0.3 is 19.4 Å². The number of esters is 1. The van der Waals surface area contributed by atoms with E-state index in [1.807, 2.05) is 33.3 Å². The van der Waals surface area contributed by atoms with E-state index >= 15 is 0 Å².